The standard InChI is InChI=1S/C13H15ClN2O2/c1-16-8-6-12(7-9-16)15-18-13(17)10-2-4-11(14)5-3-10/h2-5H,6-9H2,1H3/p+1. The maximum Gasteiger partial charge on any atom is 0.365 e. The highest BCUT2D eigenvalue weighted by Gasteiger charge is 2.15. The quantitative estimate of drug-likeness (QED) is 0.646. The topological polar surface area (TPSA) is 43.1 Å². The summed E-state index contributed by atoms with van der Waals surface area (Å²) in [6, 6.07) is 6.57. The molecule has 0 unspecified atom stereocenters. The van der Waals surface area contributed by atoms with Crippen LogP contribution in [0.2, 0.25) is 5.02 Å². The van der Waals surface area contributed by atoms with Gasteiger partial charge in [0.05, 0.1) is 31.4 Å². The number of carbonyl (C=O) groups excluding carboxylic acids is 1. The molecule has 0 aromatic heterocycles. The van der Waals surface area contributed by atoms with Crippen LogP contribution < -0.4 is 4.90 Å². The molecule has 1 aromatic carbocycles. The molecule has 1 aliphatic heterocycles. The lowest BCUT2D eigenvalue weighted by Crippen LogP contribution is -3.10. The average Bonchev–Trinajstić information content (AvgIpc) is 2.38. The summed E-state index contributed by atoms with van der Waals surface area (Å²) in [5.74, 6) is -0.439. The molecule has 0 atom stereocenters. The van der Waals surface area contributed by atoms with Crippen LogP contribution in [0.3, 0.4) is 0 Å². The van der Waals surface area contributed by atoms with Gasteiger partial charge in [-0.3, -0.25) is 0 Å². The van der Waals surface area contributed by atoms with E-state index in [-0.39, 0.29) is 0 Å². The van der Waals surface area contributed by atoms with E-state index in [2.05, 4.69) is 12.2 Å². The number of likely N-dealkylation sites (tertiary alicyclic amines) is 1. The Kier molecular flexibility index (Phi) is 4.33. The molecule has 0 amide bonds. The van der Waals surface area contributed by atoms with Gasteiger partial charge in [-0.05, 0) is 24.3 Å². The van der Waals surface area contributed by atoms with Crippen molar-refractivity contribution < 1.29 is 14.5 Å². The number of halogens is 1. The Hall–Kier alpha value is -1.39. The number of hydrogen-bond donors (Lipinski definition) is 1. The second-order valence-corrected chi connectivity index (χ2v) is 4.94. The van der Waals surface area contributed by atoms with Gasteiger partial charge in [-0.15, -0.1) is 0 Å². The van der Waals surface area contributed by atoms with Crippen LogP contribution in [0, 0.1) is 0 Å². The fraction of sp³-hybridized carbons (Fsp3) is 0.385. The summed E-state index contributed by atoms with van der Waals surface area (Å²) in [7, 11) is 2.15. The van der Waals surface area contributed by atoms with Crippen LogP contribution in [0.5, 0.6) is 0 Å². The van der Waals surface area contributed by atoms with Crippen LogP contribution in [0.15, 0.2) is 29.4 Å². The lowest BCUT2D eigenvalue weighted by atomic mass is 10.1. The summed E-state index contributed by atoms with van der Waals surface area (Å²) in [4.78, 5) is 18.1. The molecule has 0 aliphatic carbocycles. The number of nitrogens with one attached hydrogen (secondary N) is 1. The van der Waals surface area contributed by atoms with Crippen molar-refractivity contribution in [3.05, 3.63) is 34.9 Å². The van der Waals surface area contributed by atoms with E-state index in [0.717, 1.165) is 31.6 Å². The van der Waals surface area contributed by atoms with Crippen molar-refractivity contribution in [3.63, 3.8) is 0 Å². The van der Waals surface area contributed by atoms with Gasteiger partial charge in [-0.25, -0.2) is 4.79 Å². The third-order valence-corrected chi connectivity index (χ3v) is 3.27. The number of oxime groups is 1. The van der Waals surface area contributed by atoms with Crippen LogP contribution in [0.1, 0.15) is 23.2 Å². The van der Waals surface area contributed by atoms with E-state index in [1.165, 1.54) is 4.90 Å². The van der Waals surface area contributed by atoms with Crippen molar-refractivity contribution in [1.82, 2.24) is 0 Å². The van der Waals surface area contributed by atoms with Crippen molar-refractivity contribution in [2.45, 2.75) is 12.8 Å². The maximum atomic E-state index is 11.7. The Morgan fingerprint density at radius 2 is 1.89 bits per heavy atom. The third-order valence-electron chi connectivity index (χ3n) is 3.02. The number of hydrogen-bond acceptors (Lipinski definition) is 3. The summed E-state index contributed by atoms with van der Waals surface area (Å²) in [6.45, 7) is 2.08. The van der Waals surface area contributed by atoms with Crippen molar-refractivity contribution in [3.8, 4) is 0 Å². The van der Waals surface area contributed by atoms with Crippen LogP contribution >= 0.6 is 11.6 Å². The summed E-state index contributed by atoms with van der Waals surface area (Å²) in [5, 5.41) is 4.53. The molecule has 0 radical (unpaired) electrons. The minimum atomic E-state index is -0.439. The van der Waals surface area contributed by atoms with Gasteiger partial charge in [0.25, 0.3) is 0 Å². The predicted octanol–water partition coefficient (Wildman–Crippen LogP) is 1.16. The first-order valence-corrected chi connectivity index (χ1v) is 6.37. The second-order valence-electron chi connectivity index (χ2n) is 4.50. The molecule has 0 spiro atoms. The zero-order valence-electron chi connectivity index (χ0n) is 10.3. The molecule has 1 fully saturated rings. The maximum absolute atomic E-state index is 11.7. The highest BCUT2D eigenvalue weighted by molar-refractivity contribution is 6.30. The van der Waals surface area contributed by atoms with Crippen LogP contribution in [0.4, 0.5) is 0 Å². The van der Waals surface area contributed by atoms with E-state index < -0.39 is 5.97 Å². The molecule has 0 bridgehead atoms. The van der Waals surface area contributed by atoms with Gasteiger partial charge in [0.1, 0.15) is 0 Å². The molecule has 96 valence electrons. The summed E-state index contributed by atoms with van der Waals surface area (Å²) in [5.41, 5.74) is 1.42. The zero-order valence-corrected chi connectivity index (χ0v) is 11.0. The molecule has 5 heteroatoms. The number of rotatable bonds is 2. The summed E-state index contributed by atoms with van der Waals surface area (Å²) < 4.78 is 0. The minimum Gasteiger partial charge on any atom is -0.337 e. The molecule has 1 aliphatic rings. The van der Waals surface area contributed by atoms with Crippen molar-refractivity contribution in [2.24, 2.45) is 5.16 Å². The number of benzene rings is 1. The third kappa shape index (κ3) is 3.55. The first-order valence-electron chi connectivity index (χ1n) is 5.99. The van der Waals surface area contributed by atoms with Gasteiger partial charge in [0.2, 0.25) is 0 Å². The fourth-order valence-corrected chi connectivity index (χ4v) is 1.93. The van der Waals surface area contributed by atoms with Gasteiger partial charge in [0, 0.05) is 17.9 Å². The van der Waals surface area contributed by atoms with E-state index in [0.29, 0.717) is 10.6 Å². The largest absolute Gasteiger partial charge is 0.365 e. The molecule has 1 aromatic rings. The molecule has 1 N–H and O–H groups in total. The highest BCUT2D eigenvalue weighted by Crippen LogP contribution is 2.10. The fourth-order valence-electron chi connectivity index (χ4n) is 1.80. The molecule has 18 heavy (non-hydrogen) atoms. The van der Waals surface area contributed by atoms with Crippen molar-refractivity contribution >= 4 is 23.3 Å². The normalized spacial score (nSPS) is 19.4. The first kappa shape index (κ1) is 13.1. The monoisotopic (exact) mass is 267 g/mol. The Balaban J connectivity index is 1.92. The van der Waals surface area contributed by atoms with E-state index >= 15 is 0 Å². The van der Waals surface area contributed by atoms with E-state index in [1.54, 1.807) is 24.3 Å². The summed E-state index contributed by atoms with van der Waals surface area (Å²) >= 11 is 5.75. The molecular formula is C13H16ClN2O2+. The molecule has 1 saturated heterocycles. The van der Waals surface area contributed by atoms with E-state index in [9.17, 15) is 4.79 Å². The lowest BCUT2D eigenvalue weighted by molar-refractivity contribution is -0.880. The predicted molar refractivity (Wildman–Crippen MR) is 70.2 cm³/mol. The van der Waals surface area contributed by atoms with Crippen molar-refractivity contribution in [2.75, 3.05) is 20.1 Å². The number of nitrogens with zero attached hydrogens (tertiary/aromatic N) is 1. The van der Waals surface area contributed by atoms with Gasteiger partial charge < -0.3 is 9.74 Å². The smallest absolute Gasteiger partial charge is 0.337 e. The van der Waals surface area contributed by atoms with Crippen LogP contribution in [-0.2, 0) is 4.84 Å². The van der Waals surface area contributed by atoms with Crippen molar-refractivity contribution in [1.29, 1.82) is 0 Å². The molecule has 0 saturated carbocycles. The lowest BCUT2D eigenvalue weighted by Gasteiger charge is -2.19. The Morgan fingerprint density at radius 1 is 1.28 bits per heavy atom. The van der Waals surface area contributed by atoms with Gasteiger partial charge in [0.15, 0.2) is 0 Å². The molecule has 1 heterocycles. The number of quaternary nitrogens is 1. The average molecular weight is 268 g/mol. The van der Waals surface area contributed by atoms with Crippen LogP contribution in [-0.4, -0.2) is 31.8 Å². The van der Waals surface area contributed by atoms with E-state index in [4.69, 9.17) is 16.4 Å². The first-order chi connectivity index (χ1) is 8.65. The van der Waals surface area contributed by atoms with Gasteiger partial charge in [-0.2, -0.15) is 0 Å². The SMILES string of the molecule is C[NH+]1CCC(=NOC(=O)c2ccc(Cl)cc2)CC1. The highest BCUT2D eigenvalue weighted by atomic mass is 35.5. The van der Waals surface area contributed by atoms with E-state index in [1.807, 2.05) is 0 Å². The summed E-state index contributed by atoms with van der Waals surface area (Å²) in [6.07, 6.45) is 1.78. The van der Waals surface area contributed by atoms with Gasteiger partial charge >= 0.3 is 5.97 Å². The van der Waals surface area contributed by atoms with Gasteiger partial charge in [-0.1, -0.05) is 16.8 Å². The number of piperidine rings is 1. The minimum absolute atomic E-state index is 0.439. The molecule has 4 nitrogen and oxygen atoms in total. The molecular weight excluding hydrogens is 252 g/mol. The Bertz CT molecular complexity index is 447. The second kappa shape index (κ2) is 5.98. The zero-order chi connectivity index (χ0) is 13.0. The molecule has 2 rings (SSSR count). The Morgan fingerprint density at radius 3 is 2.50 bits per heavy atom. The Labute approximate surface area is 111 Å². The van der Waals surface area contributed by atoms with Crippen LogP contribution in [0.25, 0.3) is 0 Å². The number of carbonyl (C=O) groups is 1.